The molecule has 2 aromatic rings. The minimum Gasteiger partial charge on any atom is -0.496 e. The predicted octanol–water partition coefficient (Wildman–Crippen LogP) is 3.37. The quantitative estimate of drug-likeness (QED) is 0.653. The van der Waals surface area contributed by atoms with Gasteiger partial charge in [0.1, 0.15) is 5.75 Å². The van der Waals surface area contributed by atoms with Crippen molar-refractivity contribution in [2.75, 3.05) is 7.11 Å². The largest absolute Gasteiger partial charge is 0.496 e. The summed E-state index contributed by atoms with van der Waals surface area (Å²) in [6.07, 6.45) is 0.852. The number of methoxy groups -OCH3 is 1. The number of rotatable bonds is 5. The van der Waals surface area contributed by atoms with Crippen molar-refractivity contribution in [2.45, 2.75) is 33.2 Å². The Morgan fingerprint density at radius 2 is 1.71 bits per heavy atom. The fraction of sp³-hybridized carbons (Fsp3) is 0.333. The number of hydrazine groups is 1. The molecule has 2 rings (SSSR count). The second kappa shape index (κ2) is 6.74. The Bertz CT molecular complexity index is 602. The van der Waals surface area contributed by atoms with E-state index < -0.39 is 0 Å². The fourth-order valence-electron chi connectivity index (χ4n) is 2.75. The van der Waals surface area contributed by atoms with Crippen molar-refractivity contribution >= 4 is 0 Å². The van der Waals surface area contributed by atoms with Crippen LogP contribution in [0.1, 0.15) is 33.9 Å². The van der Waals surface area contributed by atoms with Gasteiger partial charge in [0.05, 0.1) is 13.2 Å². The summed E-state index contributed by atoms with van der Waals surface area (Å²) in [5.41, 5.74) is 9.03. The lowest BCUT2D eigenvalue weighted by atomic mass is 9.96. The van der Waals surface area contributed by atoms with E-state index in [0.717, 1.165) is 23.3 Å². The van der Waals surface area contributed by atoms with Gasteiger partial charge < -0.3 is 4.74 Å². The first-order chi connectivity index (χ1) is 10.0. The van der Waals surface area contributed by atoms with Crippen LogP contribution >= 0.6 is 0 Å². The topological polar surface area (TPSA) is 47.3 Å². The maximum Gasteiger partial charge on any atom is 0.122 e. The molecule has 0 amide bonds. The monoisotopic (exact) mass is 284 g/mol. The molecule has 3 nitrogen and oxygen atoms in total. The summed E-state index contributed by atoms with van der Waals surface area (Å²) in [6, 6.07) is 12.9. The maximum absolute atomic E-state index is 5.77. The fourth-order valence-corrected chi connectivity index (χ4v) is 2.75. The van der Waals surface area contributed by atoms with E-state index in [9.17, 15) is 0 Å². The lowest BCUT2D eigenvalue weighted by Crippen LogP contribution is -2.29. The van der Waals surface area contributed by atoms with Gasteiger partial charge in [0, 0.05) is 0 Å². The van der Waals surface area contributed by atoms with Crippen LogP contribution in [0.4, 0.5) is 0 Å². The zero-order valence-electron chi connectivity index (χ0n) is 13.2. The van der Waals surface area contributed by atoms with Crippen LogP contribution in [0.3, 0.4) is 0 Å². The SMILES string of the molecule is COc1cc(C(Cc2cc(C)cc(C)c2)NN)ccc1C. The van der Waals surface area contributed by atoms with Gasteiger partial charge in [0.15, 0.2) is 0 Å². The molecule has 3 heteroatoms. The van der Waals surface area contributed by atoms with Crippen LogP contribution in [0.15, 0.2) is 36.4 Å². The van der Waals surface area contributed by atoms with E-state index in [1.165, 1.54) is 16.7 Å². The zero-order valence-corrected chi connectivity index (χ0v) is 13.2. The molecule has 0 spiro atoms. The van der Waals surface area contributed by atoms with E-state index in [1.807, 2.05) is 6.92 Å². The van der Waals surface area contributed by atoms with Crippen LogP contribution in [-0.2, 0) is 6.42 Å². The molecule has 1 atom stereocenters. The number of hydrogen-bond acceptors (Lipinski definition) is 3. The molecule has 1 unspecified atom stereocenters. The zero-order chi connectivity index (χ0) is 15.4. The molecule has 0 aromatic heterocycles. The summed E-state index contributed by atoms with van der Waals surface area (Å²) in [7, 11) is 1.70. The Morgan fingerprint density at radius 1 is 1.05 bits per heavy atom. The van der Waals surface area contributed by atoms with Crippen molar-refractivity contribution in [2.24, 2.45) is 5.84 Å². The first-order valence-electron chi connectivity index (χ1n) is 7.21. The standard InChI is InChI=1S/C18H24N2O/c1-12-7-13(2)9-15(8-12)10-17(20-19)16-6-5-14(3)18(11-16)21-4/h5-9,11,17,20H,10,19H2,1-4H3. The van der Waals surface area contributed by atoms with E-state index >= 15 is 0 Å². The molecule has 0 aliphatic carbocycles. The van der Waals surface area contributed by atoms with Gasteiger partial charge in [-0.05, 0) is 49.9 Å². The Kier molecular flexibility index (Phi) is 4.99. The molecule has 0 fully saturated rings. The van der Waals surface area contributed by atoms with E-state index in [0.29, 0.717) is 0 Å². The Balaban J connectivity index is 2.27. The molecule has 0 bridgehead atoms. The smallest absolute Gasteiger partial charge is 0.122 e. The molecule has 2 aromatic carbocycles. The van der Waals surface area contributed by atoms with Crippen LogP contribution in [-0.4, -0.2) is 7.11 Å². The van der Waals surface area contributed by atoms with Gasteiger partial charge in [-0.3, -0.25) is 11.3 Å². The van der Waals surface area contributed by atoms with Crippen molar-refractivity contribution in [1.29, 1.82) is 0 Å². The molecule has 112 valence electrons. The summed E-state index contributed by atoms with van der Waals surface area (Å²) in [5.74, 6) is 6.66. The average Bonchev–Trinajstić information content (AvgIpc) is 2.44. The average molecular weight is 284 g/mol. The van der Waals surface area contributed by atoms with Crippen LogP contribution in [0, 0.1) is 20.8 Å². The molecule has 0 aliphatic heterocycles. The Morgan fingerprint density at radius 3 is 2.29 bits per heavy atom. The highest BCUT2D eigenvalue weighted by molar-refractivity contribution is 5.39. The Hall–Kier alpha value is -1.84. The van der Waals surface area contributed by atoms with E-state index in [-0.39, 0.29) is 6.04 Å². The number of nitrogens with one attached hydrogen (secondary N) is 1. The Labute approximate surface area is 127 Å². The van der Waals surface area contributed by atoms with Crippen LogP contribution in [0.5, 0.6) is 5.75 Å². The third-order valence-electron chi connectivity index (χ3n) is 3.76. The number of hydrogen-bond donors (Lipinski definition) is 2. The van der Waals surface area contributed by atoms with Gasteiger partial charge in [-0.2, -0.15) is 0 Å². The van der Waals surface area contributed by atoms with Crippen molar-refractivity contribution in [3.63, 3.8) is 0 Å². The molecular weight excluding hydrogens is 260 g/mol. The second-order valence-corrected chi connectivity index (χ2v) is 5.65. The number of benzene rings is 2. The molecule has 0 saturated carbocycles. The van der Waals surface area contributed by atoms with Gasteiger partial charge in [0.25, 0.3) is 0 Å². The highest BCUT2D eigenvalue weighted by Crippen LogP contribution is 2.25. The summed E-state index contributed by atoms with van der Waals surface area (Å²) < 4.78 is 5.40. The normalized spacial score (nSPS) is 12.2. The van der Waals surface area contributed by atoms with Gasteiger partial charge in [-0.25, -0.2) is 0 Å². The summed E-state index contributed by atoms with van der Waals surface area (Å²) >= 11 is 0. The molecular formula is C18H24N2O. The van der Waals surface area contributed by atoms with Gasteiger partial charge in [0.2, 0.25) is 0 Å². The molecule has 0 heterocycles. The third-order valence-corrected chi connectivity index (χ3v) is 3.76. The van der Waals surface area contributed by atoms with Crippen LogP contribution in [0.25, 0.3) is 0 Å². The van der Waals surface area contributed by atoms with Crippen molar-refractivity contribution in [1.82, 2.24) is 5.43 Å². The molecule has 0 radical (unpaired) electrons. The first kappa shape index (κ1) is 15.5. The van der Waals surface area contributed by atoms with Crippen molar-refractivity contribution < 1.29 is 4.74 Å². The highest BCUT2D eigenvalue weighted by atomic mass is 16.5. The lowest BCUT2D eigenvalue weighted by Gasteiger charge is -2.18. The number of ether oxygens (including phenoxy) is 1. The van der Waals surface area contributed by atoms with Gasteiger partial charge in [-0.1, -0.05) is 41.5 Å². The van der Waals surface area contributed by atoms with E-state index in [4.69, 9.17) is 10.6 Å². The summed E-state index contributed by atoms with van der Waals surface area (Å²) in [4.78, 5) is 0. The van der Waals surface area contributed by atoms with Crippen LogP contribution < -0.4 is 16.0 Å². The van der Waals surface area contributed by atoms with E-state index in [2.05, 4.69) is 55.7 Å². The number of nitrogens with two attached hydrogens (primary N) is 1. The third kappa shape index (κ3) is 3.84. The van der Waals surface area contributed by atoms with E-state index in [1.54, 1.807) is 7.11 Å². The highest BCUT2D eigenvalue weighted by Gasteiger charge is 2.13. The van der Waals surface area contributed by atoms with Gasteiger partial charge in [-0.15, -0.1) is 0 Å². The first-order valence-corrected chi connectivity index (χ1v) is 7.21. The molecule has 21 heavy (non-hydrogen) atoms. The summed E-state index contributed by atoms with van der Waals surface area (Å²) in [5, 5.41) is 0. The second-order valence-electron chi connectivity index (χ2n) is 5.65. The molecule has 3 N–H and O–H groups in total. The lowest BCUT2D eigenvalue weighted by molar-refractivity contribution is 0.410. The molecule has 0 saturated heterocycles. The predicted molar refractivity (Wildman–Crippen MR) is 87.4 cm³/mol. The van der Waals surface area contributed by atoms with Crippen molar-refractivity contribution in [3.8, 4) is 5.75 Å². The maximum atomic E-state index is 5.77. The minimum absolute atomic E-state index is 0.0701. The number of aryl methyl sites for hydroxylation is 3. The van der Waals surface area contributed by atoms with Gasteiger partial charge >= 0.3 is 0 Å². The summed E-state index contributed by atoms with van der Waals surface area (Å²) in [6.45, 7) is 6.28. The minimum atomic E-state index is 0.0701. The van der Waals surface area contributed by atoms with Crippen LogP contribution in [0.2, 0.25) is 0 Å². The molecule has 0 aliphatic rings. The van der Waals surface area contributed by atoms with Crippen molar-refractivity contribution in [3.05, 3.63) is 64.2 Å².